The number of aryl methyl sites for hydroxylation is 1. The maximum absolute atomic E-state index is 11.9. The molecule has 3 rings (SSSR count). The van der Waals surface area contributed by atoms with Gasteiger partial charge >= 0.3 is 0 Å². The van der Waals surface area contributed by atoms with Gasteiger partial charge in [0.2, 0.25) is 0 Å². The average Bonchev–Trinajstić information content (AvgIpc) is 2.87. The Morgan fingerprint density at radius 1 is 1.27 bits per heavy atom. The van der Waals surface area contributed by atoms with E-state index in [0.29, 0.717) is 13.0 Å². The van der Waals surface area contributed by atoms with Crippen molar-refractivity contribution in [3.8, 4) is 0 Å². The van der Waals surface area contributed by atoms with Crippen LogP contribution >= 0.6 is 0 Å². The lowest BCUT2D eigenvalue weighted by molar-refractivity contribution is 0.0948. The van der Waals surface area contributed by atoms with Crippen molar-refractivity contribution < 1.29 is 4.79 Å². The largest absolute Gasteiger partial charge is 0.350 e. The Kier molecular flexibility index (Phi) is 3.69. The zero-order valence-electron chi connectivity index (χ0n) is 12.0. The van der Waals surface area contributed by atoms with Gasteiger partial charge in [0.1, 0.15) is 11.5 Å². The van der Waals surface area contributed by atoms with Crippen molar-refractivity contribution in [2.75, 3.05) is 6.54 Å². The summed E-state index contributed by atoms with van der Waals surface area (Å²) in [6, 6.07) is 8.65. The third-order valence-electron chi connectivity index (χ3n) is 3.28. The molecule has 2 heterocycles. The highest BCUT2D eigenvalue weighted by molar-refractivity contribution is 5.91. The first kappa shape index (κ1) is 14.0. The predicted molar refractivity (Wildman–Crippen MR) is 81.7 cm³/mol. The molecule has 3 aromatic rings. The first-order valence-corrected chi connectivity index (χ1v) is 6.91. The van der Waals surface area contributed by atoms with Crippen LogP contribution in [0.1, 0.15) is 21.9 Å². The van der Waals surface area contributed by atoms with E-state index in [9.17, 15) is 9.59 Å². The van der Waals surface area contributed by atoms with Gasteiger partial charge < -0.3 is 10.3 Å². The third kappa shape index (κ3) is 3.03. The van der Waals surface area contributed by atoms with Crippen molar-refractivity contribution in [2.45, 2.75) is 13.3 Å². The molecule has 7 heteroatoms. The Morgan fingerprint density at radius 3 is 2.91 bits per heavy atom. The number of rotatable bonds is 4. The standard InChI is InChI=1S/C15H15N5O2/c1-9-17-11-3-2-10(8-13(11)18-9)6-7-16-15(22)12-4-5-14(21)20-19-12/h2-5,8H,6-7H2,1H3,(H,16,22)(H,17,18)(H,20,21). The van der Waals surface area contributed by atoms with E-state index in [0.717, 1.165) is 22.4 Å². The molecule has 1 aromatic carbocycles. The predicted octanol–water partition coefficient (Wildman–Crippen LogP) is 0.927. The molecule has 0 fully saturated rings. The van der Waals surface area contributed by atoms with Gasteiger partial charge in [-0.15, -0.1) is 0 Å². The monoisotopic (exact) mass is 297 g/mol. The summed E-state index contributed by atoms with van der Waals surface area (Å²) in [7, 11) is 0. The molecule has 3 N–H and O–H groups in total. The van der Waals surface area contributed by atoms with Crippen molar-refractivity contribution in [3.05, 3.63) is 57.8 Å². The van der Waals surface area contributed by atoms with Gasteiger partial charge in [-0.3, -0.25) is 9.59 Å². The summed E-state index contributed by atoms with van der Waals surface area (Å²) in [6.45, 7) is 2.40. The number of fused-ring (bicyclic) bond motifs is 1. The molecule has 7 nitrogen and oxygen atoms in total. The molecule has 0 aliphatic carbocycles. The van der Waals surface area contributed by atoms with Gasteiger partial charge in [0.15, 0.2) is 0 Å². The number of aromatic amines is 2. The maximum atomic E-state index is 11.9. The van der Waals surface area contributed by atoms with E-state index in [2.05, 4.69) is 25.5 Å². The lowest BCUT2D eigenvalue weighted by Crippen LogP contribution is -2.27. The Morgan fingerprint density at radius 2 is 2.14 bits per heavy atom. The minimum absolute atomic E-state index is 0.194. The van der Waals surface area contributed by atoms with E-state index in [1.807, 2.05) is 25.1 Å². The molecule has 0 atom stereocenters. The van der Waals surface area contributed by atoms with E-state index < -0.39 is 0 Å². The molecular weight excluding hydrogens is 282 g/mol. The summed E-state index contributed by atoms with van der Waals surface area (Å²) in [5.41, 5.74) is 2.89. The van der Waals surface area contributed by atoms with Crippen LogP contribution in [0.4, 0.5) is 0 Å². The van der Waals surface area contributed by atoms with Crippen LogP contribution in [0.3, 0.4) is 0 Å². The first-order valence-electron chi connectivity index (χ1n) is 6.91. The van der Waals surface area contributed by atoms with Crippen molar-refractivity contribution in [3.63, 3.8) is 0 Å². The van der Waals surface area contributed by atoms with Crippen molar-refractivity contribution in [1.29, 1.82) is 0 Å². The van der Waals surface area contributed by atoms with E-state index >= 15 is 0 Å². The van der Waals surface area contributed by atoms with Gasteiger partial charge in [-0.2, -0.15) is 5.10 Å². The summed E-state index contributed by atoms with van der Waals surface area (Å²) in [6.07, 6.45) is 0.698. The van der Waals surface area contributed by atoms with Gasteiger partial charge in [-0.1, -0.05) is 6.07 Å². The van der Waals surface area contributed by atoms with Crippen LogP contribution in [0.15, 0.2) is 35.1 Å². The van der Waals surface area contributed by atoms with Crippen LogP contribution in [0, 0.1) is 6.92 Å². The van der Waals surface area contributed by atoms with Gasteiger partial charge in [0.25, 0.3) is 11.5 Å². The van der Waals surface area contributed by atoms with Crippen molar-refractivity contribution >= 4 is 16.9 Å². The third-order valence-corrected chi connectivity index (χ3v) is 3.28. The lowest BCUT2D eigenvalue weighted by atomic mass is 10.1. The topological polar surface area (TPSA) is 104 Å². The molecular formula is C15H15N5O2. The highest BCUT2D eigenvalue weighted by atomic mass is 16.2. The number of carbonyl (C=O) groups excluding carboxylic acids is 1. The second-order valence-corrected chi connectivity index (χ2v) is 4.99. The zero-order valence-corrected chi connectivity index (χ0v) is 12.0. The minimum Gasteiger partial charge on any atom is -0.350 e. The molecule has 0 saturated carbocycles. The Balaban J connectivity index is 1.60. The average molecular weight is 297 g/mol. The smallest absolute Gasteiger partial charge is 0.271 e. The molecule has 0 unspecified atom stereocenters. The summed E-state index contributed by atoms with van der Waals surface area (Å²) >= 11 is 0. The second-order valence-electron chi connectivity index (χ2n) is 4.99. The second kappa shape index (κ2) is 5.80. The maximum Gasteiger partial charge on any atom is 0.271 e. The van der Waals surface area contributed by atoms with Crippen LogP contribution in [0.25, 0.3) is 11.0 Å². The van der Waals surface area contributed by atoms with E-state index in [-0.39, 0.29) is 17.2 Å². The molecule has 0 radical (unpaired) electrons. The molecule has 1 amide bonds. The number of imidazole rings is 1. The fourth-order valence-electron chi connectivity index (χ4n) is 2.22. The number of H-pyrrole nitrogens is 2. The number of benzene rings is 1. The van der Waals surface area contributed by atoms with Crippen LogP contribution < -0.4 is 10.9 Å². The molecule has 0 bridgehead atoms. The van der Waals surface area contributed by atoms with E-state index in [1.165, 1.54) is 12.1 Å². The van der Waals surface area contributed by atoms with Gasteiger partial charge in [0, 0.05) is 12.6 Å². The van der Waals surface area contributed by atoms with Crippen LogP contribution in [-0.2, 0) is 6.42 Å². The molecule has 0 saturated heterocycles. The van der Waals surface area contributed by atoms with Crippen LogP contribution in [-0.4, -0.2) is 32.6 Å². The van der Waals surface area contributed by atoms with Crippen LogP contribution in [0.2, 0.25) is 0 Å². The highest BCUT2D eigenvalue weighted by Crippen LogP contribution is 2.13. The molecule has 0 spiro atoms. The number of carbonyl (C=O) groups is 1. The number of aromatic nitrogens is 4. The number of hydrogen-bond acceptors (Lipinski definition) is 4. The fraction of sp³-hybridized carbons (Fsp3) is 0.200. The Labute approximate surface area is 125 Å². The number of nitrogens with zero attached hydrogens (tertiary/aromatic N) is 2. The number of nitrogens with one attached hydrogen (secondary N) is 3. The fourth-order valence-corrected chi connectivity index (χ4v) is 2.22. The van der Waals surface area contributed by atoms with Crippen molar-refractivity contribution in [1.82, 2.24) is 25.5 Å². The minimum atomic E-state index is -0.334. The van der Waals surface area contributed by atoms with Crippen LogP contribution in [0.5, 0.6) is 0 Å². The zero-order chi connectivity index (χ0) is 15.5. The van der Waals surface area contributed by atoms with E-state index in [4.69, 9.17) is 0 Å². The number of amides is 1. The normalized spacial score (nSPS) is 10.8. The SMILES string of the molecule is Cc1nc2ccc(CCNC(=O)c3ccc(=O)[nH]n3)cc2[nH]1. The molecule has 0 aliphatic heterocycles. The van der Waals surface area contributed by atoms with Gasteiger partial charge in [-0.25, -0.2) is 10.1 Å². The van der Waals surface area contributed by atoms with Crippen molar-refractivity contribution in [2.24, 2.45) is 0 Å². The summed E-state index contributed by atoms with van der Waals surface area (Å²) in [4.78, 5) is 30.3. The summed E-state index contributed by atoms with van der Waals surface area (Å²) in [5, 5.41) is 8.69. The quantitative estimate of drug-likeness (QED) is 0.666. The van der Waals surface area contributed by atoms with E-state index in [1.54, 1.807) is 0 Å². The molecule has 2 aromatic heterocycles. The summed E-state index contributed by atoms with van der Waals surface area (Å²) < 4.78 is 0. The molecule has 22 heavy (non-hydrogen) atoms. The Hall–Kier alpha value is -2.96. The van der Waals surface area contributed by atoms with Gasteiger partial charge in [-0.05, 0) is 37.1 Å². The lowest BCUT2D eigenvalue weighted by Gasteiger charge is -2.04. The molecule has 112 valence electrons. The Bertz CT molecular complexity index is 861. The summed E-state index contributed by atoms with van der Waals surface area (Å²) in [5.74, 6) is 0.569. The molecule has 0 aliphatic rings. The number of hydrogen-bond donors (Lipinski definition) is 3. The first-order chi connectivity index (χ1) is 10.6. The van der Waals surface area contributed by atoms with Gasteiger partial charge in [0.05, 0.1) is 11.0 Å². The highest BCUT2D eigenvalue weighted by Gasteiger charge is 2.07.